The van der Waals surface area contributed by atoms with E-state index in [-0.39, 0.29) is 58.0 Å². The second-order valence-electron chi connectivity index (χ2n) is 10.6. The maximum absolute atomic E-state index is 13.8. The number of phenols is 2. The molecule has 11 nitrogen and oxygen atoms in total. The molecule has 44 heavy (non-hydrogen) atoms. The molecule has 0 amide bonds. The standard InChI is InChI=1S/C33H30O11/c34-14-25-29(37)31(39)32(40)33(44-25)27-23(42-16-18-9-5-2-6-10-18)13-24-26(30(27)38)28(36)19-11-20(35)22(12-21(19)43-24)41-15-17-7-3-1-4-8-17/h1-13,25,29,31-35,37-40H,14-16H2/t25-,29-,31+,32-,33+/m1/s1. The van der Waals surface area contributed by atoms with Gasteiger partial charge in [0.15, 0.2) is 11.5 Å². The van der Waals surface area contributed by atoms with E-state index in [1.807, 2.05) is 60.7 Å². The van der Waals surface area contributed by atoms with Gasteiger partial charge in [0.25, 0.3) is 0 Å². The molecule has 1 aliphatic heterocycles. The van der Waals surface area contributed by atoms with Crippen LogP contribution in [0.1, 0.15) is 22.8 Å². The Morgan fingerprint density at radius 3 is 1.93 bits per heavy atom. The first-order chi connectivity index (χ1) is 21.3. The number of aliphatic hydroxyl groups excluding tert-OH is 4. The number of hydrogen-bond donors (Lipinski definition) is 6. The van der Waals surface area contributed by atoms with Crippen molar-refractivity contribution in [2.75, 3.05) is 6.61 Å². The summed E-state index contributed by atoms with van der Waals surface area (Å²) in [5.74, 6) is -0.942. The van der Waals surface area contributed by atoms with Crippen LogP contribution < -0.4 is 14.9 Å². The van der Waals surface area contributed by atoms with E-state index < -0.39 is 48.3 Å². The normalized spacial score (nSPS) is 21.9. The van der Waals surface area contributed by atoms with Crippen molar-refractivity contribution in [3.05, 3.63) is 106 Å². The first kappa shape index (κ1) is 29.4. The highest BCUT2D eigenvalue weighted by Gasteiger charge is 2.46. The molecule has 6 rings (SSSR count). The van der Waals surface area contributed by atoms with Crippen molar-refractivity contribution in [3.63, 3.8) is 0 Å². The molecule has 0 spiro atoms. The van der Waals surface area contributed by atoms with E-state index in [9.17, 15) is 35.4 Å². The summed E-state index contributed by atoms with van der Waals surface area (Å²) in [6.45, 7) is -0.533. The largest absolute Gasteiger partial charge is 0.506 e. The van der Waals surface area contributed by atoms with Gasteiger partial charge in [0.2, 0.25) is 5.43 Å². The Bertz CT molecular complexity index is 1840. The van der Waals surface area contributed by atoms with Crippen LogP contribution in [0.15, 0.2) is 88.1 Å². The van der Waals surface area contributed by atoms with Crippen LogP contribution in [0.3, 0.4) is 0 Å². The molecular weight excluding hydrogens is 572 g/mol. The van der Waals surface area contributed by atoms with Gasteiger partial charge in [-0.25, -0.2) is 0 Å². The second-order valence-corrected chi connectivity index (χ2v) is 10.6. The summed E-state index contributed by atoms with van der Waals surface area (Å²) < 4.78 is 23.6. The lowest BCUT2D eigenvalue weighted by Gasteiger charge is -2.40. The van der Waals surface area contributed by atoms with Crippen LogP contribution in [-0.4, -0.2) is 61.7 Å². The van der Waals surface area contributed by atoms with E-state index in [1.54, 1.807) is 0 Å². The number of aliphatic hydroxyl groups is 4. The van der Waals surface area contributed by atoms with Crippen molar-refractivity contribution < 1.29 is 49.3 Å². The molecule has 11 heteroatoms. The molecule has 0 saturated carbocycles. The molecule has 2 heterocycles. The molecule has 5 aromatic rings. The number of phenolic OH excluding ortho intramolecular Hbond substituents is 2. The summed E-state index contributed by atoms with van der Waals surface area (Å²) in [5, 5.41) is 63.3. The molecule has 5 atom stereocenters. The Morgan fingerprint density at radius 2 is 1.32 bits per heavy atom. The highest BCUT2D eigenvalue weighted by atomic mass is 16.5. The van der Waals surface area contributed by atoms with Crippen LogP contribution in [-0.2, 0) is 18.0 Å². The molecule has 0 aliphatic carbocycles. The summed E-state index contributed by atoms with van der Waals surface area (Å²) in [7, 11) is 0. The van der Waals surface area contributed by atoms with Gasteiger partial charge in [0.05, 0.1) is 17.6 Å². The van der Waals surface area contributed by atoms with Gasteiger partial charge in [0.1, 0.15) is 71.8 Å². The highest BCUT2D eigenvalue weighted by Crippen LogP contribution is 2.46. The van der Waals surface area contributed by atoms with E-state index in [4.69, 9.17) is 18.6 Å². The number of fused-ring (bicyclic) bond motifs is 2. The predicted molar refractivity (Wildman–Crippen MR) is 158 cm³/mol. The van der Waals surface area contributed by atoms with Gasteiger partial charge < -0.3 is 49.3 Å². The molecule has 6 N–H and O–H groups in total. The van der Waals surface area contributed by atoms with Gasteiger partial charge in [-0.3, -0.25) is 4.79 Å². The molecule has 1 aromatic heterocycles. The third-order valence-electron chi connectivity index (χ3n) is 7.67. The predicted octanol–water partition coefficient (Wildman–Crippen LogP) is 3.03. The molecule has 228 valence electrons. The lowest BCUT2D eigenvalue weighted by molar-refractivity contribution is -0.232. The quantitative estimate of drug-likeness (QED) is 0.144. The van der Waals surface area contributed by atoms with Gasteiger partial charge in [-0.05, 0) is 17.2 Å². The fourth-order valence-electron chi connectivity index (χ4n) is 5.32. The first-order valence-electron chi connectivity index (χ1n) is 13.9. The minimum absolute atomic E-state index is 0.0133. The van der Waals surface area contributed by atoms with Crippen LogP contribution in [0.25, 0.3) is 21.9 Å². The van der Waals surface area contributed by atoms with Crippen LogP contribution in [0.2, 0.25) is 0 Å². The molecule has 0 radical (unpaired) electrons. The van der Waals surface area contributed by atoms with Gasteiger partial charge in [-0.2, -0.15) is 0 Å². The Balaban J connectivity index is 1.48. The van der Waals surface area contributed by atoms with Crippen molar-refractivity contribution in [1.82, 2.24) is 0 Å². The third-order valence-corrected chi connectivity index (χ3v) is 7.67. The molecule has 0 unspecified atom stereocenters. The highest BCUT2D eigenvalue weighted by molar-refractivity contribution is 5.96. The summed E-state index contributed by atoms with van der Waals surface area (Å²) in [6.07, 6.45) is -7.95. The lowest BCUT2D eigenvalue weighted by Crippen LogP contribution is -2.55. The fourth-order valence-corrected chi connectivity index (χ4v) is 5.32. The average Bonchev–Trinajstić information content (AvgIpc) is 3.04. The second kappa shape index (κ2) is 12.2. The zero-order valence-corrected chi connectivity index (χ0v) is 23.2. The van der Waals surface area contributed by atoms with Crippen LogP contribution in [0.4, 0.5) is 0 Å². The number of rotatable bonds is 8. The van der Waals surface area contributed by atoms with Crippen molar-refractivity contribution in [2.24, 2.45) is 0 Å². The van der Waals surface area contributed by atoms with E-state index in [0.29, 0.717) is 0 Å². The average molecular weight is 603 g/mol. The van der Waals surface area contributed by atoms with Crippen molar-refractivity contribution in [3.8, 4) is 23.0 Å². The maximum atomic E-state index is 13.8. The first-order valence-corrected chi connectivity index (χ1v) is 13.9. The number of ether oxygens (including phenoxy) is 3. The number of aromatic hydroxyl groups is 2. The third kappa shape index (κ3) is 5.43. The van der Waals surface area contributed by atoms with Crippen LogP contribution >= 0.6 is 0 Å². The summed E-state index contributed by atoms with van der Waals surface area (Å²) in [5.41, 5.74) is 0.724. The van der Waals surface area contributed by atoms with Gasteiger partial charge in [-0.1, -0.05) is 60.7 Å². The summed E-state index contributed by atoms with van der Waals surface area (Å²) in [4.78, 5) is 13.8. The lowest BCUT2D eigenvalue weighted by atomic mass is 9.89. The van der Waals surface area contributed by atoms with E-state index in [2.05, 4.69) is 0 Å². The molecule has 1 fully saturated rings. The summed E-state index contributed by atoms with van der Waals surface area (Å²) >= 11 is 0. The van der Waals surface area contributed by atoms with Gasteiger partial charge in [-0.15, -0.1) is 0 Å². The smallest absolute Gasteiger partial charge is 0.204 e. The Kier molecular flexibility index (Phi) is 8.13. The molecule has 1 aliphatic rings. The van der Waals surface area contributed by atoms with Gasteiger partial charge in [0, 0.05) is 12.1 Å². The Morgan fingerprint density at radius 1 is 0.727 bits per heavy atom. The minimum Gasteiger partial charge on any atom is -0.506 e. The topological polar surface area (TPSA) is 179 Å². The fraction of sp³-hybridized carbons (Fsp3) is 0.242. The molecule has 4 aromatic carbocycles. The minimum atomic E-state index is -1.77. The van der Waals surface area contributed by atoms with Crippen molar-refractivity contribution >= 4 is 21.9 Å². The monoisotopic (exact) mass is 602 g/mol. The number of hydrogen-bond acceptors (Lipinski definition) is 11. The Labute approximate surface area is 250 Å². The summed E-state index contributed by atoms with van der Waals surface area (Å²) in [6, 6.07) is 22.3. The zero-order chi connectivity index (χ0) is 31.0. The van der Waals surface area contributed by atoms with Crippen LogP contribution in [0.5, 0.6) is 23.0 Å². The SMILES string of the molecule is O=c1c2cc(O)c(OCc3ccccc3)cc2oc2cc(OCc3ccccc3)c([C@@H]3O[C@H](CO)[C@@H](O)[C@H](O)[C@H]3O)c(O)c12. The maximum Gasteiger partial charge on any atom is 0.204 e. The van der Waals surface area contributed by atoms with E-state index in [1.165, 1.54) is 18.2 Å². The zero-order valence-electron chi connectivity index (χ0n) is 23.2. The molecule has 0 bridgehead atoms. The van der Waals surface area contributed by atoms with Crippen molar-refractivity contribution in [2.45, 2.75) is 43.7 Å². The molecule has 1 saturated heterocycles. The van der Waals surface area contributed by atoms with E-state index in [0.717, 1.165) is 11.1 Å². The van der Waals surface area contributed by atoms with Crippen molar-refractivity contribution in [1.29, 1.82) is 0 Å². The van der Waals surface area contributed by atoms with E-state index >= 15 is 0 Å². The van der Waals surface area contributed by atoms with Crippen LogP contribution in [0, 0.1) is 0 Å². The Hall–Kier alpha value is -4.65. The van der Waals surface area contributed by atoms with Gasteiger partial charge >= 0.3 is 0 Å². The molecular formula is C33H30O11. The number of benzene rings is 4.